The zero-order valence-corrected chi connectivity index (χ0v) is 13.1. The van der Waals surface area contributed by atoms with E-state index in [4.69, 9.17) is 5.73 Å². The van der Waals surface area contributed by atoms with Crippen LogP contribution in [-0.4, -0.2) is 35.1 Å². The summed E-state index contributed by atoms with van der Waals surface area (Å²) in [4.78, 5) is 11.7. The molecule has 1 aliphatic carbocycles. The predicted molar refractivity (Wildman–Crippen MR) is 90.6 cm³/mol. The van der Waals surface area contributed by atoms with Crippen LogP contribution in [0.2, 0.25) is 0 Å². The average Bonchev–Trinajstić information content (AvgIpc) is 2.57. The minimum Gasteiger partial charge on any atom is -0.368 e. The first-order chi connectivity index (χ1) is 11.3. The molecule has 1 aromatic carbocycles. The van der Waals surface area contributed by atoms with E-state index in [1.165, 1.54) is 17.5 Å². The number of rotatable bonds is 2. The molecule has 3 heterocycles. The number of nitrogen functional groups attached to an aromatic ring is 1. The highest BCUT2D eigenvalue weighted by Gasteiger charge is 2.47. The summed E-state index contributed by atoms with van der Waals surface area (Å²) in [6.07, 6.45) is 3.39. The molecule has 0 bridgehead atoms. The lowest BCUT2D eigenvalue weighted by molar-refractivity contribution is 0.211. The van der Waals surface area contributed by atoms with Gasteiger partial charge >= 0.3 is 0 Å². The third-order valence-electron chi connectivity index (χ3n) is 5.61. The van der Waals surface area contributed by atoms with Crippen molar-refractivity contribution >= 4 is 11.8 Å². The predicted octanol–water partition coefficient (Wildman–Crippen LogP) is 1.69. The molecule has 2 fully saturated rings. The molecule has 0 spiro atoms. The second-order valence-electron chi connectivity index (χ2n) is 6.86. The second kappa shape index (κ2) is 4.93. The van der Waals surface area contributed by atoms with Crippen molar-refractivity contribution < 1.29 is 0 Å². The van der Waals surface area contributed by atoms with Gasteiger partial charge < -0.3 is 16.0 Å². The molecule has 0 amide bonds. The molecule has 3 unspecified atom stereocenters. The summed E-state index contributed by atoms with van der Waals surface area (Å²) in [6, 6.07) is 11.9. The van der Waals surface area contributed by atoms with Gasteiger partial charge in [-0.3, -0.25) is 0 Å². The molecule has 23 heavy (non-hydrogen) atoms. The van der Waals surface area contributed by atoms with Gasteiger partial charge in [0.15, 0.2) is 0 Å². The lowest BCUT2D eigenvalue weighted by Crippen LogP contribution is -2.78. The van der Waals surface area contributed by atoms with Crippen LogP contribution in [0.25, 0.3) is 0 Å². The summed E-state index contributed by atoms with van der Waals surface area (Å²) in [6.45, 7) is 2.11. The molecule has 5 nitrogen and oxygen atoms in total. The van der Waals surface area contributed by atoms with Crippen molar-refractivity contribution in [1.29, 1.82) is 0 Å². The quantitative estimate of drug-likeness (QED) is 0.884. The van der Waals surface area contributed by atoms with E-state index < -0.39 is 0 Å². The summed E-state index contributed by atoms with van der Waals surface area (Å²) >= 11 is 0. The van der Waals surface area contributed by atoms with E-state index in [0.29, 0.717) is 23.9 Å². The minimum absolute atomic E-state index is 0.348. The third-order valence-corrected chi connectivity index (χ3v) is 5.61. The van der Waals surface area contributed by atoms with Crippen molar-refractivity contribution in [3.8, 4) is 0 Å². The van der Waals surface area contributed by atoms with Gasteiger partial charge in [-0.1, -0.05) is 30.3 Å². The number of nitrogens with zero attached hydrogens (tertiary/aromatic N) is 3. The van der Waals surface area contributed by atoms with Crippen LogP contribution >= 0.6 is 0 Å². The first-order valence-corrected chi connectivity index (χ1v) is 8.52. The van der Waals surface area contributed by atoms with Crippen LogP contribution in [0.1, 0.15) is 35.6 Å². The van der Waals surface area contributed by atoms with Crippen LogP contribution in [0.15, 0.2) is 30.3 Å². The summed E-state index contributed by atoms with van der Waals surface area (Å²) in [5.74, 6) is 1.86. The van der Waals surface area contributed by atoms with Crippen molar-refractivity contribution in [2.75, 3.05) is 23.7 Å². The molecule has 1 aromatic heterocycles. The summed E-state index contributed by atoms with van der Waals surface area (Å²) < 4.78 is 0. The van der Waals surface area contributed by atoms with Gasteiger partial charge in [0.2, 0.25) is 5.95 Å². The van der Waals surface area contributed by atoms with Crippen LogP contribution in [0.5, 0.6) is 0 Å². The second-order valence-corrected chi connectivity index (χ2v) is 6.86. The average molecular weight is 307 g/mol. The Bertz CT molecular complexity index is 745. The van der Waals surface area contributed by atoms with Gasteiger partial charge in [-0.25, -0.2) is 4.98 Å². The van der Waals surface area contributed by atoms with Gasteiger partial charge in [0.05, 0.1) is 11.7 Å². The number of nitrogens with one attached hydrogen (secondary N) is 1. The number of piperazine rings is 1. The number of hydrogen-bond acceptors (Lipinski definition) is 5. The van der Waals surface area contributed by atoms with Crippen molar-refractivity contribution in [3.63, 3.8) is 0 Å². The lowest BCUT2D eigenvalue weighted by Gasteiger charge is -2.57. The smallest absolute Gasteiger partial charge is 0.222 e. The van der Waals surface area contributed by atoms with Crippen LogP contribution < -0.4 is 16.0 Å². The number of nitrogens with two attached hydrogens (primary N) is 1. The fraction of sp³-hybridized carbons (Fsp3) is 0.444. The largest absolute Gasteiger partial charge is 0.368 e. The molecule has 3 N–H and O–H groups in total. The molecule has 0 radical (unpaired) electrons. The number of aromatic nitrogens is 2. The van der Waals surface area contributed by atoms with E-state index in [1.807, 2.05) is 0 Å². The van der Waals surface area contributed by atoms with E-state index >= 15 is 0 Å². The highest BCUT2D eigenvalue weighted by molar-refractivity contribution is 5.59. The maximum absolute atomic E-state index is 6.07. The molecule has 2 aromatic rings. The van der Waals surface area contributed by atoms with Gasteiger partial charge in [-0.15, -0.1) is 0 Å². The Morgan fingerprint density at radius 1 is 1.17 bits per heavy atom. The van der Waals surface area contributed by atoms with Crippen LogP contribution in [0.4, 0.5) is 11.8 Å². The maximum atomic E-state index is 6.07. The van der Waals surface area contributed by atoms with Gasteiger partial charge in [0.1, 0.15) is 5.82 Å². The van der Waals surface area contributed by atoms with E-state index in [-0.39, 0.29) is 0 Å². The zero-order chi connectivity index (χ0) is 15.4. The van der Waals surface area contributed by atoms with E-state index in [2.05, 4.69) is 50.5 Å². The van der Waals surface area contributed by atoms with Crippen LogP contribution in [0, 0.1) is 0 Å². The van der Waals surface area contributed by atoms with E-state index in [1.54, 1.807) is 0 Å². The van der Waals surface area contributed by atoms with Crippen molar-refractivity contribution in [2.45, 2.75) is 37.3 Å². The van der Waals surface area contributed by atoms with Crippen LogP contribution in [-0.2, 0) is 6.42 Å². The Labute approximate surface area is 135 Å². The fourth-order valence-electron chi connectivity index (χ4n) is 4.26. The maximum Gasteiger partial charge on any atom is 0.222 e. The molecule has 3 aliphatic rings. The number of fused-ring (bicyclic) bond motifs is 2. The van der Waals surface area contributed by atoms with Gasteiger partial charge in [-0.05, 0) is 24.8 Å². The van der Waals surface area contributed by atoms with Gasteiger partial charge in [0, 0.05) is 30.6 Å². The number of benzene rings is 1. The summed E-state index contributed by atoms with van der Waals surface area (Å²) in [5.41, 5.74) is 9.89. The Balaban J connectivity index is 1.59. The molecule has 118 valence electrons. The normalized spacial score (nSPS) is 28.3. The molecule has 2 aliphatic heterocycles. The molecule has 2 saturated heterocycles. The molecule has 5 heteroatoms. The van der Waals surface area contributed by atoms with Gasteiger partial charge in [-0.2, -0.15) is 4.98 Å². The summed E-state index contributed by atoms with van der Waals surface area (Å²) in [5, 5.41) is 3.46. The topological polar surface area (TPSA) is 67.1 Å². The molecule has 5 rings (SSSR count). The molecular weight excluding hydrogens is 286 g/mol. The van der Waals surface area contributed by atoms with E-state index in [0.717, 1.165) is 37.4 Å². The minimum atomic E-state index is 0.348. The molecule has 0 saturated carbocycles. The number of anilines is 2. The molecular formula is C18H21N5. The van der Waals surface area contributed by atoms with Crippen molar-refractivity contribution in [2.24, 2.45) is 0 Å². The standard InChI is InChI=1S/C18H21N5/c19-18-21-16-12(11-5-2-1-3-6-11)7-4-8-13(16)17(22-18)23-10-14-15(23)9-20-14/h1-3,5-6,12,14-15,20H,4,7-10H2,(H2,19,21,22). The highest BCUT2D eigenvalue weighted by atomic mass is 15.4. The highest BCUT2D eigenvalue weighted by Crippen LogP contribution is 2.41. The summed E-state index contributed by atoms with van der Waals surface area (Å²) in [7, 11) is 0. The van der Waals surface area contributed by atoms with Crippen molar-refractivity contribution in [3.05, 3.63) is 47.2 Å². The Morgan fingerprint density at radius 2 is 2.04 bits per heavy atom. The SMILES string of the molecule is Nc1nc2c(c(N3CC4NCC43)n1)CCCC2c1ccccc1. The van der Waals surface area contributed by atoms with Crippen LogP contribution in [0.3, 0.4) is 0 Å². The zero-order valence-electron chi connectivity index (χ0n) is 13.1. The number of hydrogen-bond donors (Lipinski definition) is 2. The fourth-order valence-corrected chi connectivity index (χ4v) is 4.26. The third kappa shape index (κ3) is 1.96. The molecule has 3 atom stereocenters. The Hall–Kier alpha value is -2.14. The first kappa shape index (κ1) is 13.3. The lowest BCUT2D eigenvalue weighted by atomic mass is 9.81. The van der Waals surface area contributed by atoms with Crippen molar-refractivity contribution in [1.82, 2.24) is 15.3 Å². The Kier molecular flexibility index (Phi) is 2.85. The Morgan fingerprint density at radius 3 is 2.74 bits per heavy atom. The van der Waals surface area contributed by atoms with E-state index in [9.17, 15) is 0 Å². The monoisotopic (exact) mass is 307 g/mol. The first-order valence-electron chi connectivity index (χ1n) is 8.52. The van der Waals surface area contributed by atoms with Gasteiger partial charge in [0.25, 0.3) is 0 Å².